The summed E-state index contributed by atoms with van der Waals surface area (Å²) in [5, 5.41) is 18.0. The minimum absolute atomic E-state index is 0.0422. The summed E-state index contributed by atoms with van der Waals surface area (Å²) in [5.41, 5.74) is 4.37. The second-order valence-corrected chi connectivity index (χ2v) is 6.15. The van der Waals surface area contributed by atoms with Gasteiger partial charge in [0, 0.05) is 23.5 Å². The van der Waals surface area contributed by atoms with Gasteiger partial charge in [0.15, 0.2) is 0 Å². The number of benzene rings is 1. The maximum absolute atomic E-state index is 11.3. The summed E-state index contributed by atoms with van der Waals surface area (Å²) in [4.78, 5) is 15.9. The normalized spacial score (nSPS) is 11.1. The van der Waals surface area contributed by atoms with Gasteiger partial charge in [-0.05, 0) is 36.2 Å². The molecular formula is C19H17N5O2. The Bertz CT molecular complexity index is 1080. The summed E-state index contributed by atoms with van der Waals surface area (Å²) in [5.74, 6) is -0.861. The van der Waals surface area contributed by atoms with E-state index in [1.54, 1.807) is 10.9 Å². The highest BCUT2D eigenvalue weighted by Gasteiger charge is 2.15. The zero-order valence-electron chi connectivity index (χ0n) is 14.2. The first-order valence-corrected chi connectivity index (χ1v) is 8.23. The number of carboxylic acid groups (broad SMARTS) is 1. The molecule has 0 aliphatic carbocycles. The number of hydrogen-bond acceptors (Lipinski definition) is 4. The van der Waals surface area contributed by atoms with Crippen molar-refractivity contribution >= 4 is 17.0 Å². The van der Waals surface area contributed by atoms with Crippen molar-refractivity contribution in [1.29, 1.82) is 0 Å². The van der Waals surface area contributed by atoms with Crippen LogP contribution in [0.2, 0.25) is 0 Å². The van der Waals surface area contributed by atoms with Crippen molar-refractivity contribution in [3.05, 3.63) is 71.8 Å². The maximum atomic E-state index is 11.3. The third kappa shape index (κ3) is 2.95. The molecule has 3 heterocycles. The Balaban J connectivity index is 1.89. The number of aryl methyl sites for hydroxylation is 1. The second kappa shape index (κ2) is 6.44. The molecule has 0 bridgehead atoms. The molecule has 0 atom stereocenters. The van der Waals surface area contributed by atoms with E-state index >= 15 is 0 Å². The number of carbonyl (C=O) groups is 1. The van der Waals surface area contributed by atoms with Crippen molar-refractivity contribution in [2.75, 3.05) is 0 Å². The van der Waals surface area contributed by atoms with Crippen molar-refractivity contribution in [1.82, 2.24) is 24.5 Å². The fourth-order valence-corrected chi connectivity index (χ4v) is 3.12. The number of aromatic nitrogens is 5. The summed E-state index contributed by atoms with van der Waals surface area (Å²) >= 11 is 0. The Morgan fingerprint density at radius 1 is 1.15 bits per heavy atom. The number of carboxylic acids is 1. The van der Waals surface area contributed by atoms with Gasteiger partial charge in [-0.2, -0.15) is 0 Å². The van der Waals surface area contributed by atoms with Gasteiger partial charge in [0.2, 0.25) is 0 Å². The SMILES string of the molecule is Cc1ccc2c(CC(=O)O)cn(-c3ccccc3Cn3ccnn3)c2n1. The summed E-state index contributed by atoms with van der Waals surface area (Å²) in [6, 6.07) is 11.8. The number of hydrogen-bond donors (Lipinski definition) is 1. The summed E-state index contributed by atoms with van der Waals surface area (Å²) in [6.45, 7) is 2.49. The van der Waals surface area contributed by atoms with Crippen LogP contribution in [0.1, 0.15) is 16.8 Å². The predicted octanol–water partition coefficient (Wildman–Crippen LogP) is 2.60. The Morgan fingerprint density at radius 3 is 2.77 bits per heavy atom. The molecule has 0 fully saturated rings. The van der Waals surface area contributed by atoms with E-state index in [-0.39, 0.29) is 6.42 Å². The Kier molecular flexibility index (Phi) is 3.96. The van der Waals surface area contributed by atoms with Crippen molar-refractivity contribution in [3.8, 4) is 5.69 Å². The van der Waals surface area contributed by atoms with Crippen LogP contribution in [0, 0.1) is 6.92 Å². The van der Waals surface area contributed by atoms with Gasteiger partial charge in [0.1, 0.15) is 5.65 Å². The zero-order valence-corrected chi connectivity index (χ0v) is 14.2. The molecule has 1 N–H and O–H groups in total. The van der Waals surface area contributed by atoms with Gasteiger partial charge in [-0.25, -0.2) is 9.67 Å². The van der Waals surface area contributed by atoms with E-state index in [4.69, 9.17) is 0 Å². The minimum atomic E-state index is -0.861. The number of aliphatic carboxylic acids is 1. The smallest absolute Gasteiger partial charge is 0.307 e. The average molecular weight is 347 g/mol. The molecule has 3 aromatic heterocycles. The van der Waals surface area contributed by atoms with E-state index in [2.05, 4.69) is 15.3 Å². The van der Waals surface area contributed by atoms with Gasteiger partial charge in [0.05, 0.1) is 24.8 Å². The lowest BCUT2D eigenvalue weighted by atomic mass is 10.1. The van der Waals surface area contributed by atoms with Crippen LogP contribution >= 0.6 is 0 Å². The van der Waals surface area contributed by atoms with E-state index in [1.807, 2.05) is 60.3 Å². The lowest BCUT2D eigenvalue weighted by Crippen LogP contribution is -2.06. The highest BCUT2D eigenvalue weighted by molar-refractivity contribution is 5.86. The quantitative estimate of drug-likeness (QED) is 0.600. The molecule has 0 spiro atoms. The lowest BCUT2D eigenvalue weighted by molar-refractivity contribution is -0.136. The van der Waals surface area contributed by atoms with Crippen LogP contribution in [0.5, 0.6) is 0 Å². The molecule has 0 aliphatic rings. The average Bonchev–Trinajstić information content (AvgIpc) is 3.23. The van der Waals surface area contributed by atoms with Crippen LogP contribution in [0.4, 0.5) is 0 Å². The van der Waals surface area contributed by atoms with Gasteiger partial charge in [-0.3, -0.25) is 4.79 Å². The fourth-order valence-electron chi connectivity index (χ4n) is 3.12. The molecule has 1 aromatic carbocycles. The number of pyridine rings is 1. The Morgan fingerprint density at radius 2 is 2.00 bits per heavy atom. The van der Waals surface area contributed by atoms with Crippen molar-refractivity contribution in [2.24, 2.45) is 0 Å². The van der Waals surface area contributed by atoms with E-state index in [0.29, 0.717) is 6.54 Å². The first-order valence-electron chi connectivity index (χ1n) is 8.23. The molecule has 4 rings (SSSR count). The predicted molar refractivity (Wildman–Crippen MR) is 96.3 cm³/mol. The molecule has 7 heteroatoms. The van der Waals surface area contributed by atoms with E-state index in [1.165, 1.54) is 0 Å². The topological polar surface area (TPSA) is 85.8 Å². The highest BCUT2D eigenvalue weighted by Crippen LogP contribution is 2.26. The largest absolute Gasteiger partial charge is 0.481 e. The lowest BCUT2D eigenvalue weighted by Gasteiger charge is -2.11. The molecule has 26 heavy (non-hydrogen) atoms. The molecule has 0 amide bonds. The van der Waals surface area contributed by atoms with Gasteiger partial charge >= 0.3 is 5.97 Å². The van der Waals surface area contributed by atoms with Gasteiger partial charge in [-0.1, -0.05) is 23.4 Å². The third-order valence-corrected chi connectivity index (χ3v) is 4.27. The first-order chi connectivity index (χ1) is 12.6. The molecular weight excluding hydrogens is 330 g/mol. The summed E-state index contributed by atoms with van der Waals surface area (Å²) in [6.07, 6.45) is 5.28. The fraction of sp³-hybridized carbons (Fsp3) is 0.158. The third-order valence-electron chi connectivity index (χ3n) is 4.27. The zero-order chi connectivity index (χ0) is 18.1. The molecule has 0 radical (unpaired) electrons. The van der Waals surface area contributed by atoms with Crippen molar-refractivity contribution < 1.29 is 9.90 Å². The molecule has 0 aliphatic heterocycles. The van der Waals surface area contributed by atoms with Gasteiger partial charge in [-0.15, -0.1) is 5.10 Å². The van der Waals surface area contributed by atoms with Crippen LogP contribution < -0.4 is 0 Å². The number of nitrogens with zero attached hydrogens (tertiary/aromatic N) is 5. The van der Waals surface area contributed by atoms with Crippen LogP contribution in [0.15, 0.2) is 55.0 Å². The van der Waals surface area contributed by atoms with Gasteiger partial charge in [0.25, 0.3) is 0 Å². The van der Waals surface area contributed by atoms with E-state index in [0.717, 1.165) is 33.5 Å². The minimum Gasteiger partial charge on any atom is -0.481 e. The van der Waals surface area contributed by atoms with Crippen LogP contribution in [0.25, 0.3) is 16.7 Å². The first kappa shape index (κ1) is 16.0. The van der Waals surface area contributed by atoms with Crippen LogP contribution in [0.3, 0.4) is 0 Å². The highest BCUT2D eigenvalue weighted by atomic mass is 16.4. The van der Waals surface area contributed by atoms with Crippen LogP contribution in [-0.4, -0.2) is 35.6 Å². The second-order valence-electron chi connectivity index (χ2n) is 6.15. The summed E-state index contributed by atoms with van der Waals surface area (Å²) < 4.78 is 3.72. The number of para-hydroxylation sites is 1. The van der Waals surface area contributed by atoms with Crippen LogP contribution in [-0.2, 0) is 17.8 Å². The number of rotatable bonds is 5. The maximum Gasteiger partial charge on any atom is 0.307 e. The molecule has 7 nitrogen and oxygen atoms in total. The van der Waals surface area contributed by atoms with E-state index in [9.17, 15) is 9.90 Å². The Labute approximate surface area is 149 Å². The Hall–Kier alpha value is -3.48. The monoisotopic (exact) mass is 347 g/mol. The molecule has 0 saturated carbocycles. The molecule has 0 unspecified atom stereocenters. The molecule has 0 saturated heterocycles. The van der Waals surface area contributed by atoms with Crippen molar-refractivity contribution in [3.63, 3.8) is 0 Å². The van der Waals surface area contributed by atoms with E-state index < -0.39 is 5.97 Å². The molecule has 4 aromatic rings. The van der Waals surface area contributed by atoms with Crippen molar-refractivity contribution in [2.45, 2.75) is 19.9 Å². The standard InChI is InChI=1S/C19H17N5O2/c1-13-6-7-16-15(10-18(25)26)12-24(19(16)21-13)17-5-3-2-4-14(17)11-23-9-8-20-22-23/h2-9,12H,10-11H2,1H3,(H,25,26). The summed E-state index contributed by atoms with van der Waals surface area (Å²) in [7, 11) is 0. The number of fused-ring (bicyclic) bond motifs is 1. The molecule has 130 valence electrons. The van der Waals surface area contributed by atoms with Gasteiger partial charge < -0.3 is 9.67 Å².